The van der Waals surface area contributed by atoms with Crippen molar-refractivity contribution in [2.24, 2.45) is 0 Å². The van der Waals surface area contributed by atoms with Gasteiger partial charge >= 0.3 is 0 Å². The normalized spacial score (nSPS) is 11.7. The molecule has 0 bridgehead atoms. The molecule has 0 unspecified atom stereocenters. The zero-order valence-corrected chi connectivity index (χ0v) is 13.9. The Morgan fingerprint density at radius 2 is 1.76 bits per heavy atom. The third-order valence-corrected chi connectivity index (χ3v) is 7.35. The van der Waals surface area contributed by atoms with Gasteiger partial charge in [0, 0.05) is 14.6 Å². The number of rotatable bonds is 4. The summed E-state index contributed by atoms with van der Waals surface area (Å²) in [6.07, 6.45) is 0. The summed E-state index contributed by atoms with van der Waals surface area (Å²) in [5, 5.41) is 2.03. The number of hydrogen-bond acceptors (Lipinski definition) is 4. The van der Waals surface area contributed by atoms with Gasteiger partial charge in [0.15, 0.2) is 9.84 Å². The summed E-state index contributed by atoms with van der Waals surface area (Å²) in [5.74, 6) is 0.0683. The summed E-state index contributed by atoms with van der Waals surface area (Å²) in [5.41, 5.74) is 1.04. The first-order valence-electron chi connectivity index (χ1n) is 6.47. The first kappa shape index (κ1) is 14.5. The number of benzene rings is 1. The van der Waals surface area contributed by atoms with Crippen LogP contribution in [0.5, 0.6) is 0 Å². The van der Waals surface area contributed by atoms with E-state index in [1.54, 1.807) is 46.9 Å². The second-order valence-electron chi connectivity index (χ2n) is 4.77. The molecule has 2 heterocycles. The van der Waals surface area contributed by atoms with Crippen molar-refractivity contribution in [3.05, 3.63) is 64.4 Å². The highest BCUT2D eigenvalue weighted by molar-refractivity contribution is 7.90. The molecule has 1 aromatic carbocycles. The van der Waals surface area contributed by atoms with Crippen molar-refractivity contribution < 1.29 is 8.42 Å². The molecule has 0 fully saturated rings. The molecular weight excluding hydrogens is 320 g/mol. The van der Waals surface area contributed by atoms with Crippen LogP contribution < -0.4 is 0 Å². The largest absolute Gasteiger partial charge is 0.223 e. The van der Waals surface area contributed by atoms with Gasteiger partial charge in [-0.15, -0.1) is 22.7 Å². The molecule has 0 aliphatic rings. The number of sulfone groups is 1. The SMILES string of the molecule is Cc1cc(-c2cccs2)sc1CS(=O)(=O)c1ccccc1. The highest BCUT2D eigenvalue weighted by atomic mass is 32.2. The third kappa shape index (κ3) is 3.10. The Hall–Kier alpha value is -1.43. The highest BCUT2D eigenvalue weighted by Crippen LogP contribution is 2.35. The molecular formula is C16H14O2S3. The standard InChI is InChI=1S/C16H14O2S3/c1-12-10-15(14-8-5-9-19-14)20-16(12)11-21(17,18)13-6-3-2-4-7-13/h2-10H,11H2,1H3. The molecule has 3 rings (SSSR count). The lowest BCUT2D eigenvalue weighted by Gasteiger charge is -2.03. The molecule has 0 saturated carbocycles. The van der Waals surface area contributed by atoms with E-state index >= 15 is 0 Å². The van der Waals surface area contributed by atoms with Gasteiger partial charge in [0.2, 0.25) is 0 Å². The fraction of sp³-hybridized carbons (Fsp3) is 0.125. The predicted molar refractivity (Wildman–Crippen MR) is 89.7 cm³/mol. The summed E-state index contributed by atoms with van der Waals surface area (Å²) < 4.78 is 24.9. The summed E-state index contributed by atoms with van der Waals surface area (Å²) >= 11 is 3.24. The molecule has 3 aromatic rings. The van der Waals surface area contributed by atoms with Gasteiger partial charge in [-0.2, -0.15) is 0 Å². The quantitative estimate of drug-likeness (QED) is 0.689. The topological polar surface area (TPSA) is 34.1 Å². The third-order valence-electron chi connectivity index (χ3n) is 3.21. The van der Waals surface area contributed by atoms with E-state index in [2.05, 4.69) is 12.1 Å². The van der Waals surface area contributed by atoms with Crippen molar-refractivity contribution in [1.82, 2.24) is 0 Å². The van der Waals surface area contributed by atoms with Crippen LogP contribution in [0.2, 0.25) is 0 Å². The van der Waals surface area contributed by atoms with Gasteiger partial charge < -0.3 is 0 Å². The lowest BCUT2D eigenvalue weighted by molar-refractivity contribution is 0.595. The van der Waals surface area contributed by atoms with Gasteiger partial charge in [0.25, 0.3) is 0 Å². The number of thiophene rings is 2. The van der Waals surface area contributed by atoms with E-state index in [1.807, 2.05) is 24.4 Å². The maximum absolute atomic E-state index is 12.5. The van der Waals surface area contributed by atoms with Gasteiger partial charge in [-0.25, -0.2) is 8.42 Å². The van der Waals surface area contributed by atoms with Gasteiger partial charge in [-0.1, -0.05) is 24.3 Å². The van der Waals surface area contributed by atoms with Gasteiger partial charge in [-0.05, 0) is 42.1 Å². The molecule has 0 radical (unpaired) electrons. The smallest absolute Gasteiger partial charge is 0.183 e. The molecule has 21 heavy (non-hydrogen) atoms. The summed E-state index contributed by atoms with van der Waals surface area (Å²) in [6.45, 7) is 1.98. The van der Waals surface area contributed by atoms with Crippen LogP contribution in [0.25, 0.3) is 9.75 Å². The molecule has 2 nitrogen and oxygen atoms in total. The summed E-state index contributed by atoms with van der Waals surface area (Å²) in [4.78, 5) is 3.63. The average Bonchev–Trinajstić information content (AvgIpc) is 3.10. The van der Waals surface area contributed by atoms with Crippen LogP contribution in [-0.4, -0.2) is 8.42 Å². The molecule has 0 atom stereocenters. The minimum atomic E-state index is -3.28. The zero-order chi connectivity index (χ0) is 14.9. The molecule has 0 aliphatic heterocycles. The molecule has 0 saturated heterocycles. The van der Waals surface area contributed by atoms with E-state index in [0.29, 0.717) is 4.90 Å². The van der Waals surface area contributed by atoms with Crippen molar-refractivity contribution in [1.29, 1.82) is 0 Å². The van der Waals surface area contributed by atoms with Crippen LogP contribution in [0.15, 0.2) is 58.8 Å². The van der Waals surface area contributed by atoms with Crippen LogP contribution in [-0.2, 0) is 15.6 Å². The Morgan fingerprint density at radius 3 is 2.43 bits per heavy atom. The lowest BCUT2D eigenvalue weighted by atomic mass is 10.2. The van der Waals surface area contributed by atoms with Crippen molar-refractivity contribution in [2.45, 2.75) is 17.6 Å². The average molecular weight is 334 g/mol. The summed E-state index contributed by atoms with van der Waals surface area (Å²) in [7, 11) is -3.28. The second-order valence-corrected chi connectivity index (χ2v) is 8.84. The Bertz CT molecular complexity index is 829. The first-order valence-corrected chi connectivity index (χ1v) is 9.82. The zero-order valence-electron chi connectivity index (χ0n) is 11.4. The molecule has 0 amide bonds. The van der Waals surface area contributed by atoms with E-state index in [0.717, 1.165) is 15.3 Å². The lowest BCUT2D eigenvalue weighted by Crippen LogP contribution is -2.04. The Morgan fingerprint density at radius 1 is 1.00 bits per heavy atom. The van der Waals surface area contributed by atoms with E-state index < -0.39 is 9.84 Å². The van der Waals surface area contributed by atoms with Crippen molar-refractivity contribution >= 4 is 32.5 Å². The Kier molecular flexibility index (Phi) is 3.97. The van der Waals surface area contributed by atoms with Crippen molar-refractivity contribution in [2.75, 3.05) is 0 Å². The minimum Gasteiger partial charge on any atom is -0.223 e. The fourth-order valence-electron chi connectivity index (χ4n) is 2.09. The van der Waals surface area contributed by atoms with Crippen LogP contribution >= 0.6 is 22.7 Å². The van der Waals surface area contributed by atoms with Gasteiger partial charge in [0.1, 0.15) is 0 Å². The number of aryl methyl sites for hydroxylation is 1. The molecule has 0 aliphatic carbocycles. The maximum atomic E-state index is 12.5. The van der Waals surface area contributed by atoms with Crippen LogP contribution in [0.1, 0.15) is 10.4 Å². The molecule has 0 spiro atoms. The monoisotopic (exact) mass is 334 g/mol. The maximum Gasteiger partial charge on any atom is 0.183 e. The van der Waals surface area contributed by atoms with E-state index in [4.69, 9.17) is 0 Å². The predicted octanol–water partition coefficient (Wildman–Crippen LogP) is 4.76. The van der Waals surface area contributed by atoms with Crippen LogP contribution in [0.4, 0.5) is 0 Å². The van der Waals surface area contributed by atoms with Crippen molar-refractivity contribution in [3.63, 3.8) is 0 Å². The molecule has 5 heteroatoms. The van der Waals surface area contributed by atoms with Crippen LogP contribution in [0, 0.1) is 6.92 Å². The van der Waals surface area contributed by atoms with E-state index in [9.17, 15) is 8.42 Å². The molecule has 0 N–H and O–H groups in total. The van der Waals surface area contributed by atoms with Crippen molar-refractivity contribution in [3.8, 4) is 9.75 Å². The minimum absolute atomic E-state index is 0.0683. The highest BCUT2D eigenvalue weighted by Gasteiger charge is 2.18. The van der Waals surface area contributed by atoms with E-state index in [-0.39, 0.29) is 5.75 Å². The molecule has 108 valence electrons. The molecule has 2 aromatic heterocycles. The first-order chi connectivity index (χ1) is 10.1. The summed E-state index contributed by atoms with van der Waals surface area (Å²) in [6, 6.07) is 14.8. The Balaban J connectivity index is 1.92. The van der Waals surface area contributed by atoms with Gasteiger partial charge in [0.05, 0.1) is 10.6 Å². The Labute approximate surface area is 132 Å². The second kappa shape index (κ2) is 5.75. The van der Waals surface area contributed by atoms with Crippen LogP contribution in [0.3, 0.4) is 0 Å². The number of hydrogen-bond donors (Lipinski definition) is 0. The van der Waals surface area contributed by atoms with Gasteiger partial charge in [-0.3, -0.25) is 0 Å². The fourth-order valence-corrected chi connectivity index (χ4v) is 5.89. The van der Waals surface area contributed by atoms with E-state index in [1.165, 1.54) is 4.88 Å².